The van der Waals surface area contributed by atoms with Gasteiger partial charge in [-0.25, -0.2) is 4.39 Å². The van der Waals surface area contributed by atoms with Crippen LogP contribution < -0.4 is 10.6 Å². The minimum atomic E-state index is -0.207. The lowest BCUT2D eigenvalue weighted by Gasteiger charge is -2.20. The molecule has 0 fully saturated rings. The van der Waals surface area contributed by atoms with Gasteiger partial charge in [0.15, 0.2) is 0 Å². The van der Waals surface area contributed by atoms with E-state index in [1.54, 1.807) is 12.1 Å². The first-order valence-corrected chi connectivity index (χ1v) is 5.88. The van der Waals surface area contributed by atoms with Crippen molar-refractivity contribution < 1.29 is 4.39 Å². The molecule has 0 amide bonds. The smallest absolute Gasteiger partial charge is 0.123 e. The van der Waals surface area contributed by atoms with Crippen LogP contribution in [0.15, 0.2) is 42.5 Å². The Balaban J connectivity index is 2.13. The molecular formula is C15H17FN2. The SMILES string of the molecule is Cc1ccc(N(C)Cc2ccc(F)cc2)cc1N. The quantitative estimate of drug-likeness (QED) is 0.839. The van der Waals surface area contributed by atoms with Gasteiger partial charge in [-0.3, -0.25) is 0 Å². The third-order valence-corrected chi connectivity index (χ3v) is 3.04. The highest BCUT2D eigenvalue weighted by atomic mass is 19.1. The summed E-state index contributed by atoms with van der Waals surface area (Å²) in [5.41, 5.74) is 9.89. The number of aryl methyl sites for hydroxylation is 1. The molecule has 0 aromatic heterocycles. The molecule has 94 valence electrons. The summed E-state index contributed by atoms with van der Waals surface area (Å²) in [6.07, 6.45) is 0. The van der Waals surface area contributed by atoms with Gasteiger partial charge in [-0.05, 0) is 42.3 Å². The second-order valence-electron chi connectivity index (χ2n) is 4.52. The number of nitrogens with zero attached hydrogens (tertiary/aromatic N) is 1. The van der Waals surface area contributed by atoms with Crippen molar-refractivity contribution in [2.45, 2.75) is 13.5 Å². The number of hydrogen-bond acceptors (Lipinski definition) is 2. The van der Waals surface area contributed by atoms with Gasteiger partial charge in [0.1, 0.15) is 5.82 Å². The molecule has 2 aromatic carbocycles. The molecule has 0 aliphatic heterocycles. The molecule has 2 rings (SSSR count). The Kier molecular flexibility index (Phi) is 3.51. The molecule has 2 N–H and O–H groups in total. The number of nitrogens with two attached hydrogens (primary N) is 1. The molecule has 2 aromatic rings. The first kappa shape index (κ1) is 12.4. The molecular weight excluding hydrogens is 227 g/mol. The highest BCUT2D eigenvalue weighted by Gasteiger charge is 2.04. The molecule has 0 unspecified atom stereocenters. The van der Waals surface area contributed by atoms with Crippen LogP contribution in [-0.4, -0.2) is 7.05 Å². The predicted molar refractivity (Wildman–Crippen MR) is 74.1 cm³/mol. The van der Waals surface area contributed by atoms with E-state index in [9.17, 15) is 4.39 Å². The molecule has 0 heterocycles. The fraction of sp³-hybridized carbons (Fsp3) is 0.200. The molecule has 0 atom stereocenters. The Morgan fingerprint density at radius 3 is 2.39 bits per heavy atom. The van der Waals surface area contributed by atoms with Gasteiger partial charge in [-0.2, -0.15) is 0 Å². The zero-order valence-electron chi connectivity index (χ0n) is 10.7. The molecule has 0 radical (unpaired) electrons. The van der Waals surface area contributed by atoms with E-state index in [1.165, 1.54) is 12.1 Å². The van der Waals surface area contributed by atoms with E-state index < -0.39 is 0 Å². The zero-order valence-corrected chi connectivity index (χ0v) is 10.7. The van der Waals surface area contributed by atoms with Crippen molar-refractivity contribution in [3.63, 3.8) is 0 Å². The normalized spacial score (nSPS) is 10.4. The second kappa shape index (κ2) is 5.08. The average molecular weight is 244 g/mol. The Hall–Kier alpha value is -2.03. The minimum Gasteiger partial charge on any atom is -0.398 e. The summed E-state index contributed by atoms with van der Waals surface area (Å²) in [6, 6.07) is 12.5. The van der Waals surface area contributed by atoms with Gasteiger partial charge in [0.2, 0.25) is 0 Å². The van der Waals surface area contributed by atoms with Crippen molar-refractivity contribution in [1.82, 2.24) is 0 Å². The third-order valence-electron chi connectivity index (χ3n) is 3.04. The first-order chi connectivity index (χ1) is 8.56. The molecule has 3 heteroatoms. The Labute approximate surface area is 107 Å². The van der Waals surface area contributed by atoms with Crippen molar-refractivity contribution >= 4 is 11.4 Å². The minimum absolute atomic E-state index is 0.207. The monoisotopic (exact) mass is 244 g/mol. The number of benzene rings is 2. The summed E-state index contributed by atoms with van der Waals surface area (Å²) < 4.78 is 12.8. The lowest BCUT2D eigenvalue weighted by atomic mass is 10.1. The maximum absolute atomic E-state index is 12.8. The average Bonchev–Trinajstić information content (AvgIpc) is 2.35. The van der Waals surface area contributed by atoms with E-state index in [2.05, 4.69) is 4.90 Å². The molecule has 2 nitrogen and oxygen atoms in total. The van der Waals surface area contributed by atoms with E-state index in [4.69, 9.17) is 5.73 Å². The lowest BCUT2D eigenvalue weighted by molar-refractivity contribution is 0.627. The molecule has 18 heavy (non-hydrogen) atoms. The summed E-state index contributed by atoms with van der Waals surface area (Å²) in [6.45, 7) is 2.71. The molecule has 0 saturated heterocycles. The topological polar surface area (TPSA) is 29.3 Å². The van der Waals surface area contributed by atoms with Crippen molar-refractivity contribution in [2.24, 2.45) is 0 Å². The number of rotatable bonds is 3. The zero-order chi connectivity index (χ0) is 13.1. The Morgan fingerprint density at radius 2 is 1.78 bits per heavy atom. The molecule has 0 spiro atoms. The van der Waals surface area contributed by atoms with Crippen LogP contribution in [0.1, 0.15) is 11.1 Å². The number of hydrogen-bond donors (Lipinski definition) is 1. The fourth-order valence-electron chi connectivity index (χ4n) is 1.82. The van der Waals surface area contributed by atoms with Crippen LogP contribution in [0, 0.1) is 12.7 Å². The van der Waals surface area contributed by atoms with E-state index in [0.717, 1.165) is 29.0 Å². The van der Waals surface area contributed by atoms with Gasteiger partial charge in [0.25, 0.3) is 0 Å². The summed E-state index contributed by atoms with van der Waals surface area (Å²) in [5, 5.41) is 0. The second-order valence-corrected chi connectivity index (χ2v) is 4.52. The molecule has 0 saturated carbocycles. The van der Waals surface area contributed by atoms with Crippen LogP contribution in [0.25, 0.3) is 0 Å². The largest absolute Gasteiger partial charge is 0.398 e. The summed E-state index contributed by atoms with van der Waals surface area (Å²) in [5.74, 6) is -0.207. The van der Waals surface area contributed by atoms with Crippen LogP contribution in [0.2, 0.25) is 0 Å². The van der Waals surface area contributed by atoms with Gasteiger partial charge in [0.05, 0.1) is 0 Å². The predicted octanol–water partition coefficient (Wildman–Crippen LogP) is 3.35. The Morgan fingerprint density at radius 1 is 1.11 bits per heavy atom. The van der Waals surface area contributed by atoms with E-state index in [-0.39, 0.29) is 5.82 Å². The highest BCUT2D eigenvalue weighted by Crippen LogP contribution is 2.21. The maximum Gasteiger partial charge on any atom is 0.123 e. The summed E-state index contributed by atoms with van der Waals surface area (Å²) in [7, 11) is 1.99. The highest BCUT2D eigenvalue weighted by molar-refractivity contribution is 5.59. The van der Waals surface area contributed by atoms with Crippen molar-refractivity contribution in [3.8, 4) is 0 Å². The molecule has 0 aliphatic carbocycles. The van der Waals surface area contributed by atoms with Gasteiger partial charge in [-0.1, -0.05) is 18.2 Å². The molecule has 0 aliphatic rings. The van der Waals surface area contributed by atoms with Crippen LogP contribution in [0.4, 0.5) is 15.8 Å². The van der Waals surface area contributed by atoms with Crippen LogP contribution in [-0.2, 0) is 6.54 Å². The number of halogens is 1. The number of nitrogen functional groups attached to an aromatic ring is 1. The van der Waals surface area contributed by atoms with Crippen LogP contribution in [0.5, 0.6) is 0 Å². The molecule has 0 bridgehead atoms. The van der Waals surface area contributed by atoms with Crippen molar-refractivity contribution in [3.05, 3.63) is 59.4 Å². The van der Waals surface area contributed by atoms with Crippen LogP contribution >= 0.6 is 0 Å². The van der Waals surface area contributed by atoms with Crippen molar-refractivity contribution in [1.29, 1.82) is 0 Å². The van der Waals surface area contributed by atoms with E-state index in [0.29, 0.717) is 0 Å². The van der Waals surface area contributed by atoms with Gasteiger partial charge < -0.3 is 10.6 Å². The summed E-state index contributed by atoms with van der Waals surface area (Å²) >= 11 is 0. The van der Waals surface area contributed by atoms with Crippen LogP contribution in [0.3, 0.4) is 0 Å². The maximum atomic E-state index is 12.8. The summed E-state index contributed by atoms with van der Waals surface area (Å²) in [4.78, 5) is 2.09. The number of anilines is 2. The van der Waals surface area contributed by atoms with Gasteiger partial charge in [0, 0.05) is 25.0 Å². The Bertz CT molecular complexity index is 535. The van der Waals surface area contributed by atoms with E-state index in [1.807, 2.05) is 32.2 Å². The lowest BCUT2D eigenvalue weighted by Crippen LogP contribution is -2.16. The van der Waals surface area contributed by atoms with E-state index >= 15 is 0 Å². The fourth-order valence-corrected chi connectivity index (χ4v) is 1.82. The van der Waals surface area contributed by atoms with Gasteiger partial charge in [-0.15, -0.1) is 0 Å². The van der Waals surface area contributed by atoms with Gasteiger partial charge >= 0.3 is 0 Å². The standard InChI is InChI=1S/C15H17FN2/c1-11-3-8-14(9-15(11)17)18(2)10-12-4-6-13(16)7-5-12/h3-9H,10,17H2,1-2H3. The van der Waals surface area contributed by atoms with Crippen molar-refractivity contribution in [2.75, 3.05) is 17.7 Å². The first-order valence-electron chi connectivity index (χ1n) is 5.88. The third kappa shape index (κ3) is 2.80.